The number of hydrazone groups is 1. The highest BCUT2D eigenvalue weighted by Crippen LogP contribution is 2.37. The number of aromatic nitrogens is 1. The van der Waals surface area contributed by atoms with E-state index in [1.807, 2.05) is 61.5 Å². The summed E-state index contributed by atoms with van der Waals surface area (Å²) < 4.78 is 0. The Balaban J connectivity index is 1.69. The maximum Gasteiger partial charge on any atom is 0.303 e. The molecule has 158 valence electrons. The summed E-state index contributed by atoms with van der Waals surface area (Å²) in [4.78, 5) is 28.3. The number of hydrogen-bond donors (Lipinski definition) is 1. The van der Waals surface area contributed by atoms with Crippen molar-refractivity contribution in [3.63, 3.8) is 0 Å². The second-order valence-electron chi connectivity index (χ2n) is 7.68. The highest BCUT2D eigenvalue weighted by molar-refractivity contribution is 6.30. The predicted octanol–water partition coefficient (Wildman–Crippen LogP) is 5.13. The summed E-state index contributed by atoms with van der Waals surface area (Å²) in [7, 11) is 0. The van der Waals surface area contributed by atoms with Crippen LogP contribution in [-0.4, -0.2) is 32.7 Å². The van der Waals surface area contributed by atoms with Crippen molar-refractivity contribution in [2.45, 2.75) is 38.6 Å². The number of rotatable bonds is 6. The van der Waals surface area contributed by atoms with E-state index in [0.717, 1.165) is 33.3 Å². The summed E-state index contributed by atoms with van der Waals surface area (Å²) in [6, 6.07) is 17.2. The van der Waals surface area contributed by atoms with E-state index in [4.69, 9.17) is 16.7 Å². The van der Waals surface area contributed by atoms with Crippen LogP contribution in [-0.2, 0) is 9.59 Å². The van der Waals surface area contributed by atoms with Gasteiger partial charge in [0, 0.05) is 30.2 Å². The van der Waals surface area contributed by atoms with E-state index >= 15 is 0 Å². The van der Waals surface area contributed by atoms with E-state index in [-0.39, 0.29) is 25.2 Å². The second kappa shape index (κ2) is 8.86. The van der Waals surface area contributed by atoms with Crippen molar-refractivity contribution in [3.8, 4) is 0 Å². The van der Waals surface area contributed by atoms with Gasteiger partial charge in [0.15, 0.2) is 0 Å². The molecule has 1 atom stereocenters. The van der Waals surface area contributed by atoms with Crippen LogP contribution in [0.5, 0.6) is 0 Å². The molecule has 6 nitrogen and oxygen atoms in total. The normalized spacial score (nSPS) is 15.9. The number of pyridine rings is 1. The average Bonchev–Trinajstić information content (AvgIpc) is 3.18. The fraction of sp³-hybridized carbons (Fsp3) is 0.250. The molecule has 31 heavy (non-hydrogen) atoms. The van der Waals surface area contributed by atoms with Gasteiger partial charge in [-0.05, 0) is 31.0 Å². The zero-order valence-electron chi connectivity index (χ0n) is 17.1. The molecule has 0 saturated heterocycles. The van der Waals surface area contributed by atoms with Gasteiger partial charge in [-0.3, -0.25) is 9.59 Å². The maximum atomic E-state index is 13.0. The van der Waals surface area contributed by atoms with E-state index in [1.165, 1.54) is 5.01 Å². The molecule has 1 unspecified atom stereocenters. The lowest BCUT2D eigenvalue weighted by atomic mass is 9.97. The number of aryl methyl sites for hydroxylation is 1. The minimum absolute atomic E-state index is 0.0585. The molecular formula is C24H22ClN3O3. The van der Waals surface area contributed by atoms with Gasteiger partial charge in [-0.1, -0.05) is 59.6 Å². The fourth-order valence-corrected chi connectivity index (χ4v) is 4.02. The Morgan fingerprint density at radius 1 is 1.13 bits per heavy atom. The maximum absolute atomic E-state index is 13.0. The lowest BCUT2D eigenvalue weighted by molar-refractivity contribution is -0.137. The molecule has 1 aliphatic rings. The molecule has 7 heteroatoms. The Bertz CT molecular complexity index is 1170. The van der Waals surface area contributed by atoms with Crippen molar-refractivity contribution in [1.82, 2.24) is 9.99 Å². The van der Waals surface area contributed by atoms with Crippen LogP contribution in [0.1, 0.15) is 48.4 Å². The first-order valence-electron chi connectivity index (χ1n) is 10.2. The lowest BCUT2D eigenvalue weighted by Gasteiger charge is -2.23. The van der Waals surface area contributed by atoms with Gasteiger partial charge in [0.25, 0.3) is 0 Å². The number of para-hydroxylation sites is 1. The number of halogens is 1. The quantitative estimate of drug-likeness (QED) is 0.544. The molecule has 1 aliphatic heterocycles. The molecule has 0 aliphatic carbocycles. The largest absolute Gasteiger partial charge is 0.481 e. The molecule has 0 spiro atoms. The molecule has 3 aromatic rings. The molecular weight excluding hydrogens is 414 g/mol. The van der Waals surface area contributed by atoms with Crippen molar-refractivity contribution in [1.29, 1.82) is 0 Å². The van der Waals surface area contributed by atoms with Gasteiger partial charge >= 0.3 is 5.97 Å². The third kappa shape index (κ3) is 4.59. The van der Waals surface area contributed by atoms with E-state index in [2.05, 4.69) is 10.1 Å². The van der Waals surface area contributed by atoms with Gasteiger partial charge in [0.1, 0.15) is 5.15 Å². The van der Waals surface area contributed by atoms with E-state index < -0.39 is 12.0 Å². The van der Waals surface area contributed by atoms with E-state index in [0.29, 0.717) is 11.6 Å². The minimum atomic E-state index is -0.920. The fourth-order valence-electron chi connectivity index (χ4n) is 3.75. The second-order valence-corrected chi connectivity index (χ2v) is 8.04. The Hall–Kier alpha value is -3.25. The lowest BCUT2D eigenvalue weighted by Crippen LogP contribution is -2.27. The van der Waals surface area contributed by atoms with Crippen LogP contribution in [0.25, 0.3) is 10.9 Å². The van der Waals surface area contributed by atoms with Crippen molar-refractivity contribution in [2.24, 2.45) is 5.10 Å². The first-order valence-corrected chi connectivity index (χ1v) is 10.5. The van der Waals surface area contributed by atoms with Crippen LogP contribution in [0.2, 0.25) is 5.15 Å². The number of carboxylic acids is 1. The number of amides is 1. The number of fused-ring (bicyclic) bond motifs is 1. The van der Waals surface area contributed by atoms with Crippen molar-refractivity contribution in [3.05, 3.63) is 76.4 Å². The van der Waals surface area contributed by atoms with Crippen LogP contribution >= 0.6 is 11.6 Å². The van der Waals surface area contributed by atoms with Crippen LogP contribution in [0.4, 0.5) is 0 Å². The third-order valence-corrected chi connectivity index (χ3v) is 5.70. The van der Waals surface area contributed by atoms with E-state index in [9.17, 15) is 9.59 Å². The number of carbonyl (C=O) groups excluding carboxylic acids is 1. The Kier molecular flexibility index (Phi) is 6.00. The van der Waals surface area contributed by atoms with Gasteiger partial charge < -0.3 is 5.11 Å². The van der Waals surface area contributed by atoms with Crippen LogP contribution < -0.4 is 0 Å². The third-order valence-electron chi connectivity index (χ3n) is 5.40. The van der Waals surface area contributed by atoms with Gasteiger partial charge in [-0.15, -0.1) is 0 Å². The highest BCUT2D eigenvalue weighted by atomic mass is 35.5. The minimum Gasteiger partial charge on any atom is -0.481 e. The molecule has 0 radical (unpaired) electrons. The highest BCUT2D eigenvalue weighted by Gasteiger charge is 2.34. The molecule has 1 N–H and O–H groups in total. The zero-order chi connectivity index (χ0) is 22.0. The van der Waals surface area contributed by atoms with Gasteiger partial charge in [0.05, 0.1) is 17.3 Å². The number of benzene rings is 2. The molecule has 4 rings (SSSR count). The summed E-state index contributed by atoms with van der Waals surface area (Å²) in [5, 5.41) is 16.3. The number of nitrogens with zero attached hydrogens (tertiary/aromatic N) is 3. The summed E-state index contributed by atoms with van der Waals surface area (Å²) >= 11 is 6.54. The monoisotopic (exact) mass is 435 g/mol. The molecule has 0 fully saturated rings. The first kappa shape index (κ1) is 21.0. The van der Waals surface area contributed by atoms with Crippen LogP contribution in [0, 0.1) is 6.92 Å². The number of carbonyl (C=O) groups is 2. The molecule has 2 heterocycles. The molecule has 1 amide bonds. The van der Waals surface area contributed by atoms with Gasteiger partial charge in [-0.25, -0.2) is 9.99 Å². The summed E-state index contributed by atoms with van der Waals surface area (Å²) in [6.07, 6.45) is 0.813. The van der Waals surface area contributed by atoms with Crippen LogP contribution in [0.15, 0.2) is 59.7 Å². The topological polar surface area (TPSA) is 82.9 Å². The van der Waals surface area contributed by atoms with Crippen molar-refractivity contribution < 1.29 is 14.7 Å². The SMILES string of the molecule is Cc1ccc(C2=NN(C(=O)CCCC(=O)O)C(c3cc4ccccc4nc3Cl)C2)cc1. The standard InChI is InChI=1S/C24H22ClN3O3/c1-15-9-11-16(12-10-15)20-14-21(28(27-20)22(29)7-4-8-23(30)31)18-13-17-5-2-3-6-19(17)26-24(18)25/h2-3,5-6,9-13,21H,4,7-8,14H2,1H3,(H,30,31). The summed E-state index contributed by atoms with van der Waals surface area (Å²) in [6.45, 7) is 2.02. The smallest absolute Gasteiger partial charge is 0.303 e. The molecule has 2 aromatic carbocycles. The number of hydrogen-bond acceptors (Lipinski definition) is 4. The molecule has 0 bridgehead atoms. The average molecular weight is 436 g/mol. The Morgan fingerprint density at radius 2 is 1.87 bits per heavy atom. The van der Waals surface area contributed by atoms with E-state index in [1.54, 1.807) is 0 Å². The van der Waals surface area contributed by atoms with Gasteiger partial charge in [0.2, 0.25) is 5.91 Å². The van der Waals surface area contributed by atoms with Crippen LogP contribution in [0.3, 0.4) is 0 Å². The number of aliphatic carboxylic acids is 1. The van der Waals surface area contributed by atoms with Crippen molar-refractivity contribution >= 4 is 40.1 Å². The predicted molar refractivity (Wildman–Crippen MR) is 120 cm³/mol. The Labute approximate surface area is 185 Å². The molecule has 1 aromatic heterocycles. The summed E-state index contributed by atoms with van der Waals surface area (Å²) in [5.74, 6) is -1.14. The molecule has 0 saturated carbocycles. The van der Waals surface area contributed by atoms with Gasteiger partial charge in [-0.2, -0.15) is 5.10 Å². The Morgan fingerprint density at radius 3 is 2.61 bits per heavy atom. The number of carboxylic acid groups (broad SMARTS) is 1. The zero-order valence-corrected chi connectivity index (χ0v) is 17.8. The first-order chi connectivity index (χ1) is 14.9. The summed E-state index contributed by atoms with van der Waals surface area (Å²) in [5.41, 5.74) is 4.40. The van der Waals surface area contributed by atoms with Crippen molar-refractivity contribution in [2.75, 3.05) is 0 Å².